The summed E-state index contributed by atoms with van der Waals surface area (Å²) < 4.78 is 0. The van der Waals surface area contributed by atoms with E-state index in [9.17, 15) is 0 Å². The minimum atomic E-state index is -1.75. The third kappa shape index (κ3) is 11.8. The molecule has 0 amide bonds. The highest BCUT2D eigenvalue weighted by Gasteiger charge is 2.37. The molecule has 3 aliphatic heterocycles. The Morgan fingerprint density at radius 3 is 0.621 bits per heavy atom. The van der Waals surface area contributed by atoms with Crippen LogP contribution in [0.5, 0.6) is 0 Å². The molecule has 9 heterocycles. The van der Waals surface area contributed by atoms with Gasteiger partial charge in [0.25, 0.3) is 0 Å². The van der Waals surface area contributed by atoms with Gasteiger partial charge in [0.05, 0.1) is 44.3 Å². The molecule has 3 aliphatic rings. The van der Waals surface area contributed by atoms with Crippen LogP contribution >= 0.6 is 0 Å². The number of nitrogens with one attached hydrogen (secondary N) is 8. The molecule has 0 radical (unpaired) electrons. The van der Waals surface area contributed by atoms with E-state index in [-0.39, 0.29) is 43.6 Å². The van der Waals surface area contributed by atoms with E-state index in [1.54, 1.807) is 0 Å². The largest absolute Gasteiger partial charge is 0.412 e. The van der Waals surface area contributed by atoms with Gasteiger partial charge in [-0.1, -0.05) is 41.5 Å². The summed E-state index contributed by atoms with van der Waals surface area (Å²) in [5.41, 5.74) is 15.3. The molecule has 0 aromatic carbocycles. The number of quaternary nitrogens is 2. The van der Waals surface area contributed by atoms with Crippen molar-refractivity contribution in [1.82, 2.24) is 29.9 Å². The molecule has 0 fully saturated rings. The lowest BCUT2D eigenvalue weighted by molar-refractivity contribution is -0.942. The van der Waals surface area contributed by atoms with Crippen LogP contribution in [-0.4, -0.2) is 67.5 Å². The molecular weight excluding hydrogens is 857 g/mol. The van der Waals surface area contributed by atoms with Gasteiger partial charge in [-0.3, -0.25) is 0 Å². The highest BCUT2D eigenvalue weighted by molar-refractivity contribution is 5.37. The van der Waals surface area contributed by atoms with Crippen LogP contribution in [0.4, 0.5) is 0 Å². The third-order valence-electron chi connectivity index (χ3n) is 13.8. The topological polar surface area (TPSA) is 394 Å². The Morgan fingerprint density at radius 1 is 0.364 bits per heavy atom. The first-order chi connectivity index (χ1) is 29.3. The first-order valence-electron chi connectivity index (χ1n) is 21.7. The second-order valence-corrected chi connectivity index (χ2v) is 16.8. The fraction of sp³-hybridized carbons (Fsp3) is 0.467. The standard InChI is InChI=1S/C45H60N8.2NO3.5H2O/c1-7-43(8-2)37-19-13-31(46-37)25-52-27-33-15-21-39(48-33)44(9-3,10-4)40-22-16-34(49-40)28-53(26-32-14-20-38(43)47-32)30-36-18-24-42(51-36)45(11-5,12-6)41-23-17-35(29-52)50-41;2*2-1(3)4;;;;;/h13-24,46-51H,7-12,25-30H2,1-6H3;;;5*1H2/q;2*-1;;;;;/p+2. The summed E-state index contributed by atoms with van der Waals surface area (Å²) in [6.07, 6.45) is 6.15. The van der Waals surface area contributed by atoms with Gasteiger partial charge in [0, 0.05) is 50.4 Å². The number of rotatable bonds is 6. The van der Waals surface area contributed by atoms with Crippen molar-refractivity contribution in [2.75, 3.05) is 0 Å². The van der Waals surface area contributed by atoms with Gasteiger partial charge < -0.3 is 97.7 Å². The minimum Gasteiger partial charge on any atom is -0.412 e. The highest BCUT2D eigenvalue weighted by Crippen LogP contribution is 2.40. The summed E-state index contributed by atoms with van der Waals surface area (Å²) in [6, 6.07) is 28.3. The van der Waals surface area contributed by atoms with Crippen molar-refractivity contribution >= 4 is 0 Å². The average molecular weight is 929 g/mol. The predicted molar refractivity (Wildman–Crippen MR) is 252 cm³/mol. The zero-order valence-electron chi connectivity index (χ0n) is 38.8. The highest BCUT2D eigenvalue weighted by atomic mass is 16.9. The summed E-state index contributed by atoms with van der Waals surface area (Å²) >= 11 is 0. The van der Waals surface area contributed by atoms with Crippen molar-refractivity contribution in [1.29, 1.82) is 0 Å². The lowest BCUT2D eigenvalue weighted by Crippen LogP contribution is -3.08. The van der Waals surface area contributed by atoms with Gasteiger partial charge in [-0.25, -0.2) is 0 Å². The summed E-state index contributed by atoms with van der Waals surface area (Å²) in [7, 11) is 0. The SMILES string of the molecule is CCC1(CC)c2ccc([nH]2)C[NH+]2Cc3ccc([nH]3)C(CC)(CC)c3ccc([nH]3)C[NH+](Cc3ccc1[nH]3)Cc1ccc([nH]1)C(CC)(CC)c1ccc([nH]1)C2.O.O.O.O.O.O=[N+]([O-])[O-].O=[N+]([O-])[O-]. The monoisotopic (exact) mass is 929 g/mol. The van der Waals surface area contributed by atoms with E-state index in [1.807, 2.05) is 0 Å². The maximum Gasteiger partial charge on any atom is 0.118 e. The maximum atomic E-state index is 8.25. The number of nitrogens with zero attached hydrogens (tertiary/aromatic N) is 2. The van der Waals surface area contributed by atoms with E-state index in [2.05, 4.69) is 144 Å². The summed E-state index contributed by atoms with van der Waals surface area (Å²) in [5, 5.41) is 29.5. The maximum absolute atomic E-state index is 8.25. The normalized spacial score (nSPS) is 17.4. The molecule has 0 saturated heterocycles. The molecule has 18 N–H and O–H groups in total. The summed E-state index contributed by atoms with van der Waals surface area (Å²) in [4.78, 5) is 43.4. The predicted octanol–water partition coefficient (Wildman–Crippen LogP) is 2.57. The van der Waals surface area contributed by atoms with Gasteiger partial charge in [-0.2, -0.15) is 0 Å². The molecule has 0 spiro atoms. The first-order valence-corrected chi connectivity index (χ1v) is 21.7. The van der Waals surface area contributed by atoms with E-state index in [4.69, 9.17) is 30.6 Å². The Balaban J connectivity index is 0.00000156. The van der Waals surface area contributed by atoms with E-state index in [0.717, 1.165) is 77.8 Å². The van der Waals surface area contributed by atoms with Gasteiger partial charge in [0.2, 0.25) is 0 Å². The van der Waals surface area contributed by atoms with Gasteiger partial charge in [-0.15, -0.1) is 0 Å². The molecule has 0 aliphatic carbocycles. The number of hydrogen-bond donors (Lipinski definition) is 8. The van der Waals surface area contributed by atoms with Crippen molar-refractivity contribution in [3.8, 4) is 0 Å². The Labute approximate surface area is 383 Å². The van der Waals surface area contributed by atoms with Gasteiger partial charge in [0.1, 0.15) is 39.3 Å². The van der Waals surface area contributed by atoms with Crippen LogP contribution in [0.1, 0.15) is 148 Å². The van der Waals surface area contributed by atoms with Crippen LogP contribution in [0, 0.1) is 30.6 Å². The number of aromatic nitrogens is 6. The number of aromatic amines is 6. The zero-order valence-corrected chi connectivity index (χ0v) is 38.8. The fourth-order valence-electron chi connectivity index (χ4n) is 10.4. The summed E-state index contributed by atoms with van der Waals surface area (Å²) in [6.45, 7) is 19.5. The fourth-order valence-corrected chi connectivity index (χ4v) is 10.4. The van der Waals surface area contributed by atoms with E-state index < -0.39 is 10.2 Å². The molecule has 21 nitrogen and oxygen atoms in total. The number of H-pyrrole nitrogens is 6. The molecule has 368 valence electrons. The third-order valence-corrected chi connectivity index (χ3v) is 13.8. The van der Waals surface area contributed by atoms with Crippen LogP contribution in [-0.2, 0) is 55.5 Å². The molecule has 6 aromatic heterocycles. The van der Waals surface area contributed by atoms with Crippen LogP contribution in [0.15, 0.2) is 72.8 Å². The molecule has 14 bridgehead atoms. The van der Waals surface area contributed by atoms with Gasteiger partial charge in [0.15, 0.2) is 0 Å². The van der Waals surface area contributed by atoms with Crippen LogP contribution in [0.3, 0.4) is 0 Å². The lowest BCUT2D eigenvalue weighted by Gasteiger charge is -2.31. The molecule has 9 rings (SSSR count). The second-order valence-electron chi connectivity index (χ2n) is 16.8. The Hall–Kier alpha value is -6.20. The van der Waals surface area contributed by atoms with Crippen molar-refractivity contribution in [3.05, 3.63) is 172 Å². The molecule has 6 aromatic rings. The Bertz CT molecular complexity index is 1960. The van der Waals surface area contributed by atoms with Crippen molar-refractivity contribution < 1.29 is 47.4 Å². The number of hydrogen-bond acceptors (Lipinski definition) is 6. The molecule has 0 unspecified atom stereocenters. The zero-order chi connectivity index (χ0) is 44.0. The quantitative estimate of drug-likeness (QED) is 0.0916. The molecule has 0 saturated carbocycles. The Morgan fingerprint density at radius 2 is 0.500 bits per heavy atom. The molecular formula is C45H72N10O11. The van der Waals surface area contributed by atoms with E-state index >= 15 is 0 Å². The first kappa shape index (κ1) is 57.8. The van der Waals surface area contributed by atoms with Crippen molar-refractivity contribution in [2.24, 2.45) is 0 Å². The minimum absolute atomic E-state index is 0. The van der Waals surface area contributed by atoms with Gasteiger partial charge in [-0.05, 0) is 111 Å². The van der Waals surface area contributed by atoms with Crippen LogP contribution in [0.25, 0.3) is 0 Å². The van der Waals surface area contributed by atoms with Crippen LogP contribution in [0.2, 0.25) is 0 Å². The van der Waals surface area contributed by atoms with E-state index in [0.29, 0.717) is 0 Å². The van der Waals surface area contributed by atoms with Crippen molar-refractivity contribution in [3.63, 3.8) is 0 Å². The molecule has 21 heteroatoms. The second kappa shape index (κ2) is 24.4. The summed E-state index contributed by atoms with van der Waals surface area (Å²) in [5.74, 6) is 0. The molecule has 0 atom stereocenters. The Kier molecular flexibility index (Phi) is 21.3. The van der Waals surface area contributed by atoms with Crippen molar-refractivity contribution in [2.45, 2.75) is 136 Å². The lowest BCUT2D eigenvalue weighted by atomic mass is 9.76. The average Bonchev–Trinajstić information content (AvgIpc) is 4.08. The van der Waals surface area contributed by atoms with Crippen LogP contribution < -0.4 is 9.80 Å². The van der Waals surface area contributed by atoms with E-state index in [1.165, 1.54) is 78.1 Å². The van der Waals surface area contributed by atoms with Gasteiger partial charge >= 0.3 is 0 Å². The molecule has 66 heavy (non-hydrogen) atoms. The smallest absolute Gasteiger partial charge is 0.118 e.